The minimum absolute atomic E-state index is 0. The molecule has 2 aliphatic carbocycles. The van der Waals surface area contributed by atoms with Crippen LogP contribution in [0.4, 0.5) is 5.82 Å². The maximum Gasteiger partial charge on any atom is 0.269 e. The van der Waals surface area contributed by atoms with Crippen LogP contribution in [-0.2, 0) is 0 Å². The molecule has 3 rings (SSSR count). The van der Waals surface area contributed by atoms with Crippen molar-refractivity contribution in [2.45, 2.75) is 25.7 Å². The zero-order chi connectivity index (χ0) is 12.5. The fraction of sp³-hybridized carbons (Fsp3) is 0.571. The Morgan fingerprint density at radius 1 is 1.37 bits per heavy atom. The second kappa shape index (κ2) is 5.78. The molecule has 1 aromatic rings. The van der Waals surface area contributed by atoms with E-state index in [4.69, 9.17) is 5.73 Å². The van der Waals surface area contributed by atoms with Crippen LogP contribution < -0.4 is 11.1 Å². The van der Waals surface area contributed by atoms with E-state index in [2.05, 4.69) is 10.3 Å². The predicted molar refractivity (Wildman–Crippen MR) is 77.2 cm³/mol. The smallest absolute Gasteiger partial charge is 0.269 e. The van der Waals surface area contributed by atoms with Gasteiger partial charge >= 0.3 is 0 Å². The van der Waals surface area contributed by atoms with Crippen LogP contribution in [0.15, 0.2) is 18.2 Å². The first-order valence-electron chi connectivity index (χ1n) is 6.73. The number of nitrogens with zero attached hydrogens (tertiary/aromatic N) is 1. The summed E-state index contributed by atoms with van der Waals surface area (Å²) in [6.07, 6.45) is 5.40. The van der Waals surface area contributed by atoms with Crippen LogP contribution in [0.1, 0.15) is 36.2 Å². The first-order chi connectivity index (χ1) is 8.72. The summed E-state index contributed by atoms with van der Waals surface area (Å²) in [4.78, 5) is 16.0. The summed E-state index contributed by atoms with van der Waals surface area (Å²) >= 11 is 0. The van der Waals surface area contributed by atoms with Crippen molar-refractivity contribution in [2.24, 2.45) is 17.8 Å². The van der Waals surface area contributed by atoms with E-state index in [0.717, 1.165) is 18.4 Å². The van der Waals surface area contributed by atoms with E-state index in [0.29, 0.717) is 17.4 Å². The SMILES string of the molecule is Cl.Nc1cccc(C(=O)NCC2CC3CCC2C3)n1. The predicted octanol–water partition coefficient (Wildman–Crippen LogP) is 2.25. The standard InChI is InChI=1S/C14H19N3O.ClH/c15-13-3-1-2-12(17-13)14(18)16-8-11-7-9-4-5-10(11)6-9;/h1-3,9-11H,4-8H2,(H2,15,17)(H,16,18);1H. The Balaban J connectivity index is 0.00000133. The van der Waals surface area contributed by atoms with Crippen molar-refractivity contribution >= 4 is 24.1 Å². The molecule has 104 valence electrons. The molecule has 3 N–H and O–H groups in total. The van der Waals surface area contributed by atoms with Crippen molar-refractivity contribution in [3.8, 4) is 0 Å². The maximum absolute atomic E-state index is 11.9. The summed E-state index contributed by atoms with van der Waals surface area (Å²) in [5.74, 6) is 2.72. The molecule has 1 heterocycles. The molecular formula is C14H20ClN3O. The van der Waals surface area contributed by atoms with E-state index in [1.165, 1.54) is 25.7 Å². The van der Waals surface area contributed by atoms with Crippen molar-refractivity contribution in [3.63, 3.8) is 0 Å². The Kier molecular flexibility index (Phi) is 4.30. The lowest BCUT2D eigenvalue weighted by molar-refractivity contribution is 0.0937. The quantitative estimate of drug-likeness (QED) is 0.893. The van der Waals surface area contributed by atoms with Gasteiger partial charge < -0.3 is 11.1 Å². The summed E-state index contributed by atoms with van der Waals surface area (Å²) in [6, 6.07) is 5.15. The number of hydrogen-bond donors (Lipinski definition) is 2. The molecule has 2 saturated carbocycles. The molecule has 0 aliphatic heterocycles. The highest BCUT2D eigenvalue weighted by molar-refractivity contribution is 5.92. The average Bonchev–Trinajstić information content (AvgIpc) is 2.98. The van der Waals surface area contributed by atoms with Gasteiger partial charge in [-0.05, 0) is 49.1 Å². The van der Waals surface area contributed by atoms with Crippen LogP contribution in [-0.4, -0.2) is 17.4 Å². The fourth-order valence-corrected chi connectivity index (χ4v) is 3.52. The lowest BCUT2D eigenvalue weighted by Gasteiger charge is -2.21. The van der Waals surface area contributed by atoms with Gasteiger partial charge in [-0.3, -0.25) is 4.79 Å². The van der Waals surface area contributed by atoms with Crippen molar-refractivity contribution in [1.29, 1.82) is 0 Å². The van der Waals surface area contributed by atoms with Gasteiger partial charge in [-0.15, -0.1) is 12.4 Å². The molecule has 19 heavy (non-hydrogen) atoms. The highest BCUT2D eigenvalue weighted by Crippen LogP contribution is 2.47. The molecule has 0 aromatic carbocycles. The van der Waals surface area contributed by atoms with Crippen LogP contribution in [0.3, 0.4) is 0 Å². The molecule has 5 heteroatoms. The number of anilines is 1. The van der Waals surface area contributed by atoms with Crippen LogP contribution in [0.2, 0.25) is 0 Å². The molecule has 0 saturated heterocycles. The van der Waals surface area contributed by atoms with Gasteiger partial charge in [-0.1, -0.05) is 12.5 Å². The second-order valence-corrected chi connectivity index (χ2v) is 5.59. The van der Waals surface area contributed by atoms with Gasteiger partial charge in [-0.2, -0.15) is 0 Å². The number of aromatic nitrogens is 1. The number of halogens is 1. The number of hydrogen-bond acceptors (Lipinski definition) is 3. The number of carbonyl (C=O) groups excluding carboxylic acids is 1. The summed E-state index contributed by atoms with van der Waals surface area (Å²) in [6.45, 7) is 0.788. The molecule has 2 aliphatic rings. The van der Waals surface area contributed by atoms with Gasteiger partial charge in [-0.25, -0.2) is 4.98 Å². The van der Waals surface area contributed by atoms with Crippen LogP contribution >= 0.6 is 12.4 Å². The normalized spacial score (nSPS) is 27.9. The molecule has 3 atom stereocenters. The van der Waals surface area contributed by atoms with E-state index in [9.17, 15) is 4.79 Å². The number of nitrogens with two attached hydrogens (primary N) is 1. The number of rotatable bonds is 3. The maximum atomic E-state index is 11.9. The third kappa shape index (κ3) is 3.00. The molecule has 0 radical (unpaired) electrons. The number of amides is 1. The Hall–Kier alpha value is -1.29. The first kappa shape index (κ1) is 14.1. The zero-order valence-corrected chi connectivity index (χ0v) is 11.7. The number of pyridine rings is 1. The molecule has 2 fully saturated rings. The highest BCUT2D eigenvalue weighted by Gasteiger charge is 2.39. The number of carbonyl (C=O) groups is 1. The Bertz CT molecular complexity index is 466. The Morgan fingerprint density at radius 2 is 2.21 bits per heavy atom. The molecule has 2 bridgehead atoms. The minimum atomic E-state index is -0.106. The Labute approximate surface area is 119 Å². The van der Waals surface area contributed by atoms with Crippen molar-refractivity contribution < 1.29 is 4.79 Å². The van der Waals surface area contributed by atoms with Crippen molar-refractivity contribution in [1.82, 2.24) is 10.3 Å². The Morgan fingerprint density at radius 3 is 2.84 bits per heavy atom. The van der Waals surface area contributed by atoms with Crippen molar-refractivity contribution in [2.75, 3.05) is 12.3 Å². The van der Waals surface area contributed by atoms with Gasteiger partial charge in [0, 0.05) is 6.54 Å². The van der Waals surface area contributed by atoms with Crippen LogP contribution in [0, 0.1) is 17.8 Å². The topological polar surface area (TPSA) is 68.0 Å². The van der Waals surface area contributed by atoms with Gasteiger partial charge in [0.05, 0.1) is 0 Å². The third-order valence-corrected chi connectivity index (χ3v) is 4.41. The summed E-state index contributed by atoms with van der Waals surface area (Å²) in [5, 5.41) is 3.00. The fourth-order valence-electron chi connectivity index (χ4n) is 3.52. The minimum Gasteiger partial charge on any atom is -0.384 e. The number of nitrogens with one attached hydrogen (secondary N) is 1. The van der Waals surface area contributed by atoms with Crippen molar-refractivity contribution in [3.05, 3.63) is 23.9 Å². The lowest BCUT2D eigenvalue weighted by Crippen LogP contribution is -2.32. The van der Waals surface area contributed by atoms with Gasteiger partial charge in [0.2, 0.25) is 0 Å². The van der Waals surface area contributed by atoms with E-state index in [-0.39, 0.29) is 18.3 Å². The summed E-state index contributed by atoms with van der Waals surface area (Å²) in [5.41, 5.74) is 5.99. The molecule has 3 unspecified atom stereocenters. The van der Waals surface area contributed by atoms with Gasteiger partial charge in [0.1, 0.15) is 11.5 Å². The average molecular weight is 282 g/mol. The number of nitrogen functional groups attached to an aromatic ring is 1. The van der Waals surface area contributed by atoms with E-state index >= 15 is 0 Å². The van der Waals surface area contributed by atoms with E-state index in [1.54, 1.807) is 18.2 Å². The largest absolute Gasteiger partial charge is 0.384 e. The monoisotopic (exact) mass is 281 g/mol. The van der Waals surface area contributed by atoms with E-state index < -0.39 is 0 Å². The summed E-state index contributed by atoms with van der Waals surface area (Å²) < 4.78 is 0. The lowest BCUT2D eigenvalue weighted by atomic mass is 9.89. The van der Waals surface area contributed by atoms with Gasteiger partial charge in [0.15, 0.2) is 0 Å². The third-order valence-electron chi connectivity index (χ3n) is 4.41. The second-order valence-electron chi connectivity index (χ2n) is 5.59. The molecule has 4 nitrogen and oxygen atoms in total. The van der Waals surface area contributed by atoms with Crippen LogP contribution in [0.25, 0.3) is 0 Å². The summed E-state index contributed by atoms with van der Waals surface area (Å²) in [7, 11) is 0. The van der Waals surface area contributed by atoms with Gasteiger partial charge in [0.25, 0.3) is 5.91 Å². The number of fused-ring (bicyclic) bond motifs is 2. The first-order valence-corrected chi connectivity index (χ1v) is 6.73. The van der Waals surface area contributed by atoms with E-state index in [1.807, 2.05) is 0 Å². The zero-order valence-electron chi connectivity index (χ0n) is 10.8. The highest BCUT2D eigenvalue weighted by atomic mass is 35.5. The molecule has 1 amide bonds. The molecular weight excluding hydrogens is 262 g/mol. The molecule has 1 aromatic heterocycles. The molecule has 0 spiro atoms. The van der Waals surface area contributed by atoms with Crippen LogP contribution in [0.5, 0.6) is 0 Å².